The average molecular weight is 708 g/mol. The summed E-state index contributed by atoms with van der Waals surface area (Å²) in [5, 5.41) is 13.1. The Balaban J connectivity index is 1.05. The smallest absolute Gasteiger partial charge is 0.335 e. The molecule has 5 aromatic rings. The zero-order chi connectivity index (χ0) is 35.5. The predicted molar refractivity (Wildman–Crippen MR) is 192 cm³/mol. The van der Waals surface area contributed by atoms with E-state index in [9.17, 15) is 18.3 Å². The van der Waals surface area contributed by atoms with Crippen molar-refractivity contribution in [3.05, 3.63) is 94.9 Å². The van der Waals surface area contributed by atoms with E-state index in [4.69, 9.17) is 14.1 Å². The molecule has 0 aliphatic heterocycles. The summed E-state index contributed by atoms with van der Waals surface area (Å²) in [6.45, 7) is 7.03. The topological polar surface area (TPSA) is 157 Å². The molecule has 3 heterocycles. The van der Waals surface area contributed by atoms with Crippen molar-refractivity contribution in [1.29, 1.82) is 0 Å². The van der Waals surface area contributed by atoms with Crippen molar-refractivity contribution in [2.45, 2.75) is 82.2 Å². The third kappa shape index (κ3) is 6.70. The van der Waals surface area contributed by atoms with Gasteiger partial charge in [0.2, 0.25) is 11.8 Å². The quantitative estimate of drug-likeness (QED) is 0.108. The van der Waals surface area contributed by atoms with Gasteiger partial charge in [0.15, 0.2) is 5.58 Å². The van der Waals surface area contributed by atoms with Crippen LogP contribution >= 0.6 is 0 Å². The molecule has 11 nitrogen and oxygen atoms in total. The van der Waals surface area contributed by atoms with Crippen molar-refractivity contribution in [3.8, 4) is 17.1 Å². The van der Waals surface area contributed by atoms with Crippen molar-refractivity contribution >= 4 is 33.0 Å². The summed E-state index contributed by atoms with van der Waals surface area (Å²) in [6.07, 6.45) is 6.95. The fourth-order valence-electron chi connectivity index (χ4n) is 7.72. The first-order valence-corrected chi connectivity index (χ1v) is 18.9. The molecular weight excluding hydrogens is 667 g/mol. The summed E-state index contributed by atoms with van der Waals surface area (Å²) in [7, 11) is -4.23. The Morgan fingerprint density at radius 2 is 1.75 bits per heavy atom. The van der Waals surface area contributed by atoms with E-state index in [0.717, 1.165) is 70.5 Å². The number of ether oxygens (including phenoxy) is 1. The van der Waals surface area contributed by atoms with Crippen LogP contribution in [0.25, 0.3) is 22.4 Å². The molecule has 1 atom stereocenters. The van der Waals surface area contributed by atoms with Crippen LogP contribution in [0.15, 0.2) is 76.0 Å². The van der Waals surface area contributed by atoms with Gasteiger partial charge < -0.3 is 19.6 Å². The van der Waals surface area contributed by atoms with Gasteiger partial charge in [-0.05, 0) is 105 Å². The second kappa shape index (κ2) is 12.4. The number of aromatic carboxylic acids is 1. The molecule has 2 bridgehead atoms. The van der Waals surface area contributed by atoms with Crippen LogP contribution in [0.3, 0.4) is 0 Å². The van der Waals surface area contributed by atoms with Crippen LogP contribution in [0.4, 0.5) is 5.95 Å². The number of hydrogen-bond acceptors (Lipinski definition) is 9. The maximum atomic E-state index is 13.4. The molecule has 2 aromatic carbocycles. The molecule has 9 rings (SSSR count). The first kappa shape index (κ1) is 33.3. The minimum absolute atomic E-state index is 0.00783. The van der Waals surface area contributed by atoms with Crippen LogP contribution < -0.4 is 14.8 Å². The van der Waals surface area contributed by atoms with Gasteiger partial charge in [0.05, 0.1) is 21.8 Å². The Morgan fingerprint density at radius 1 is 1.00 bits per heavy atom. The lowest BCUT2D eigenvalue weighted by Gasteiger charge is -2.63. The molecule has 4 aliphatic carbocycles. The highest BCUT2D eigenvalue weighted by molar-refractivity contribution is 7.92. The number of rotatable bonds is 14. The van der Waals surface area contributed by atoms with E-state index in [-0.39, 0.29) is 33.7 Å². The number of pyridine rings is 1. The number of nitrogens with zero attached hydrogens (tertiary/aromatic N) is 3. The van der Waals surface area contributed by atoms with Gasteiger partial charge >= 0.3 is 5.97 Å². The Kier molecular flexibility index (Phi) is 8.14. The monoisotopic (exact) mass is 707 g/mol. The molecule has 3 aromatic heterocycles. The maximum Gasteiger partial charge on any atom is 0.335 e. The van der Waals surface area contributed by atoms with Gasteiger partial charge in [-0.3, -0.25) is 0 Å². The minimum atomic E-state index is -4.23. The van der Waals surface area contributed by atoms with Crippen LogP contribution in [0, 0.1) is 25.2 Å². The number of sulfonamides is 1. The van der Waals surface area contributed by atoms with Gasteiger partial charge in [0, 0.05) is 35.7 Å². The number of furan rings is 1. The third-order valence-electron chi connectivity index (χ3n) is 10.9. The molecule has 3 N–H and O–H groups in total. The van der Waals surface area contributed by atoms with E-state index in [0.29, 0.717) is 24.3 Å². The lowest BCUT2D eigenvalue weighted by molar-refractivity contribution is -0.119. The van der Waals surface area contributed by atoms with Gasteiger partial charge in [-0.1, -0.05) is 31.2 Å². The molecule has 0 amide bonds. The Morgan fingerprint density at radius 3 is 2.43 bits per heavy atom. The fourth-order valence-corrected chi connectivity index (χ4v) is 8.71. The second-order valence-corrected chi connectivity index (χ2v) is 16.7. The molecule has 4 fully saturated rings. The number of anilines is 1. The molecule has 0 saturated heterocycles. The zero-order valence-corrected chi connectivity index (χ0v) is 29.7. The van der Waals surface area contributed by atoms with Gasteiger partial charge in [-0.25, -0.2) is 27.9 Å². The molecule has 12 heteroatoms. The second-order valence-electron chi connectivity index (χ2n) is 15.0. The van der Waals surface area contributed by atoms with Crippen molar-refractivity contribution in [1.82, 2.24) is 20.3 Å². The van der Waals surface area contributed by atoms with E-state index in [1.165, 1.54) is 37.5 Å². The van der Waals surface area contributed by atoms with Crippen molar-refractivity contribution < 1.29 is 27.5 Å². The van der Waals surface area contributed by atoms with Crippen LogP contribution in [0.2, 0.25) is 0 Å². The Hall–Kier alpha value is -4.81. The SMILES string of the molecule is Cc1cccc(C)c1-c1cc(OCC(CC23CC(C2)C3)NCc2ccc3oc(C4(C)CC4)cc3n2)nc(NS(=O)(=O)c2cccc(C(=O)O)c2)n1. The average Bonchev–Trinajstić information content (AvgIpc) is 3.66. The van der Waals surface area contributed by atoms with Gasteiger partial charge in [0.1, 0.15) is 17.9 Å². The molecule has 0 spiro atoms. The van der Waals surface area contributed by atoms with Crippen molar-refractivity contribution in [2.75, 3.05) is 11.3 Å². The highest BCUT2D eigenvalue weighted by atomic mass is 32.2. The molecule has 264 valence electrons. The summed E-state index contributed by atoms with van der Waals surface area (Å²) in [6, 6.07) is 18.8. The van der Waals surface area contributed by atoms with E-state index >= 15 is 0 Å². The highest BCUT2D eigenvalue weighted by Gasteiger charge is 2.56. The van der Waals surface area contributed by atoms with Crippen molar-refractivity contribution in [3.63, 3.8) is 0 Å². The number of benzene rings is 2. The number of carbonyl (C=O) groups is 1. The van der Waals surface area contributed by atoms with E-state index < -0.39 is 16.0 Å². The molecule has 4 saturated carbocycles. The normalized spacial score (nSPS) is 20.6. The highest BCUT2D eigenvalue weighted by Crippen LogP contribution is 2.66. The summed E-state index contributed by atoms with van der Waals surface area (Å²) >= 11 is 0. The summed E-state index contributed by atoms with van der Waals surface area (Å²) in [5.41, 5.74) is 6.20. The number of fused-ring (bicyclic) bond motifs is 1. The van der Waals surface area contributed by atoms with E-state index in [1.807, 2.05) is 44.2 Å². The van der Waals surface area contributed by atoms with Gasteiger partial charge in [-0.2, -0.15) is 4.98 Å². The number of carboxylic acids is 1. The fraction of sp³-hybridized carbons (Fsp3) is 0.385. The number of aryl methyl sites for hydroxylation is 2. The number of hydrogen-bond donors (Lipinski definition) is 3. The third-order valence-corrected chi connectivity index (χ3v) is 12.3. The van der Waals surface area contributed by atoms with Crippen LogP contribution in [-0.2, 0) is 22.0 Å². The minimum Gasteiger partial charge on any atom is -0.478 e. The Bertz CT molecular complexity index is 2240. The van der Waals surface area contributed by atoms with Gasteiger partial charge in [0.25, 0.3) is 10.0 Å². The van der Waals surface area contributed by atoms with E-state index in [2.05, 4.69) is 33.0 Å². The number of aromatic nitrogens is 3. The predicted octanol–water partition coefficient (Wildman–Crippen LogP) is 7.18. The first-order valence-electron chi connectivity index (χ1n) is 17.5. The molecule has 51 heavy (non-hydrogen) atoms. The number of carboxylic acid groups (broad SMARTS) is 1. The van der Waals surface area contributed by atoms with E-state index in [1.54, 1.807) is 6.07 Å². The summed E-state index contributed by atoms with van der Waals surface area (Å²) < 4.78 is 41.9. The molecule has 0 radical (unpaired) electrons. The van der Waals surface area contributed by atoms with Gasteiger partial charge in [-0.15, -0.1) is 0 Å². The van der Waals surface area contributed by atoms with Crippen molar-refractivity contribution in [2.24, 2.45) is 11.3 Å². The largest absolute Gasteiger partial charge is 0.478 e. The van der Waals surface area contributed by atoms with Crippen LogP contribution in [-0.4, -0.2) is 47.1 Å². The summed E-state index contributed by atoms with van der Waals surface area (Å²) in [4.78, 5) is 25.3. The number of nitrogens with one attached hydrogen (secondary N) is 2. The van der Waals surface area contributed by atoms with Crippen LogP contribution in [0.5, 0.6) is 5.88 Å². The zero-order valence-electron chi connectivity index (χ0n) is 28.9. The molecule has 4 aliphatic rings. The standard InChI is InChI=1S/C39H41N5O6S/c1-23-6-4-7-24(2)35(23)31-16-34(43-37(42-31)44-51(47,48)29-9-5-8-26(14-29)36(45)46)49-22-28(20-39-17-25(18-39)19-39)40-21-27-10-11-32-30(41-27)15-33(50-32)38(3)12-13-38/h4-11,14-16,25,28,40H,12-13,17-22H2,1-3H3,(H,45,46)(H,42,43,44). The lowest BCUT2D eigenvalue weighted by Crippen LogP contribution is -2.55. The first-order chi connectivity index (χ1) is 24.4. The Labute approximate surface area is 296 Å². The lowest BCUT2D eigenvalue weighted by atomic mass is 9.43. The molecule has 1 unspecified atom stereocenters. The maximum absolute atomic E-state index is 13.4. The molecular formula is C39H41N5O6S. The summed E-state index contributed by atoms with van der Waals surface area (Å²) in [5.74, 6) is 0.668. The van der Waals surface area contributed by atoms with Crippen LogP contribution in [0.1, 0.15) is 78.4 Å².